The first-order chi connectivity index (χ1) is 13.1. The molecule has 0 aliphatic heterocycles. The van der Waals surface area contributed by atoms with Crippen LogP contribution in [0, 0.1) is 0 Å². The summed E-state index contributed by atoms with van der Waals surface area (Å²) >= 11 is 0. The number of carbonyl (C=O) groups excluding carboxylic acids is 1. The molecule has 3 heterocycles. The van der Waals surface area contributed by atoms with Crippen molar-refractivity contribution < 1.29 is 4.79 Å². The summed E-state index contributed by atoms with van der Waals surface area (Å²) < 4.78 is 1.75. The number of benzene rings is 1. The fourth-order valence-electron chi connectivity index (χ4n) is 2.78. The van der Waals surface area contributed by atoms with E-state index in [1.165, 1.54) is 6.92 Å². The molecular formula is C19H17N7O. The van der Waals surface area contributed by atoms with E-state index in [0.717, 1.165) is 16.5 Å². The fourth-order valence-corrected chi connectivity index (χ4v) is 2.78. The molecule has 0 aliphatic carbocycles. The third-order valence-corrected chi connectivity index (χ3v) is 4.11. The highest BCUT2D eigenvalue weighted by Gasteiger charge is 2.10. The fraction of sp³-hybridized carbons (Fsp3) is 0.158. The van der Waals surface area contributed by atoms with Gasteiger partial charge in [0.25, 0.3) is 0 Å². The molecule has 8 nitrogen and oxygen atoms in total. The first kappa shape index (κ1) is 16.8. The second-order valence-electron chi connectivity index (χ2n) is 6.18. The number of nitrogens with zero attached hydrogens (tertiary/aromatic N) is 6. The Morgan fingerprint density at radius 3 is 2.85 bits per heavy atom. The van der Waals surface area contributed by atoms with E-state index in [1.807, 2.05) is 36.4 Å². The van der Waals surface area contributed by atoms with Crippen LogP contribution in [-0.4, -0.2) is 36.6 Å². The molecule has 0 fully saturated rings. The molecule has 1 aromatic carbocycles. The van der Waals surface area contributed by atoms with Crippen molar-refractivity contribution in [3.05, 3.63) is 59.9 Å². The molecule has 0 saturated heterocycles. The molecule has 0 bridgehead atoms. The lowest BCUT2D eigenvalue weighted by atomic mass is 10.1. The lowest BCUT2D eigenvalue weighted by molar-refractivity contribution is -0.118. The van der Waals surface area contributed by atoms with Gasteiger partial charge in [-0.25, -0.2) is 15.1 Å². The topological polar surface area (TPSA) is 98.0 Å². The maximum absolute atomic E-state index is 11.0. The van der Waals surface area contributed by atoms with Gasteiger partial charge in [-0.3, -0.25) is 9.78 Å². The van der Waals surface area contributed by atoms with Gasteiger partial charge in [0, 0.05) is 18.5 Å². The van der Waals surface area contributed by atoms with E-state index >= 15 is 0 Å². The predicted octanol–water partition coefficient (Wildman–Crippen LogP) is 2.28. The Labute approximate surface area is 154 Å². The lowest BCUT2D eigenvalue weighted by Gasteiger charge is -2.05. The molecule has 27 heavy (non-hydrogen) atoms. The second kappa shape index (κ2) is 6.91. The van der Waals surface area contributed by atoms with Crippen molar-refractivity contribution in [2.75, 3.05) is 0 Å². The van der Waals surface area contributed by atoms with E-state index in [1.54, 1.807) is 17.8 Å². The van der Waals surface area contributed by atoms with Crippen LogP contribution in [0.2, 0.25) is 0 Å². The second-order valence-corrected chi connectivity index (χ2v) is 6.18. The molecule has 4 aromatic rings. The highest BCUT2D eigenvalue weighted by molar-refractivity contribution is 5.98. The summed E-state index contributed by atoms with van der Waals surface area (Å²) in [5.41, 5.74) is 7.09. The Kier molecular flexibility index (Phi) is 4.29. The molecule has 1 amide bonds. The molecule has 8 heteroatoms. The van der Waals surface area contributed by atoms with Crippen LogP contribution in [0.25, 0.3) is 22.1 Å². The van der Waals surface area contributed by atoms with E-state index in [0.29, 0.717) is 29.1 Å². The van der Waals surface area contributed by atoms with Gasteiger partial charge in [0.15, 0.2) is 5.65 Å². The number of hydrogen-bond acceptors (Lipinski definition) is 6. The van der Waals surface area contributed by atoms with Crippen LogP contribution >= 0.6 is 0 Å². The molecule has 0 aliphatic rings. The minimum absolute atomic E-state index is 0.229. The molecule has 0 unspecified atom stereocenters. The number of rotatable bonds is 4. The van der Waals surface area contributed by atoms with E-state index < -0.39 is 0 Å². The summed E-state index contributed by atoms with van der Waals surface area (Å²) in [7, 11) is 0. The predicted molar refractivity (Wildman–Crippen MR) is 102 cm³/mol. The summed E-state index contributed by atoms with van der Waals surface area (Å²) in [6.45, 7) is 3.74. The molecule has 0 atom stereocenters. The van der Waals surface area contributed by atoms with Gasteiger partial charge < -0.3 is 0 Å². The number of carbonyl (C=O) groups is 1. The number of nitrogens with one attached hydrogen (secondary N) is 1. The summed E-state index contributed by atoms with van der Waals surface area (Å²) in [4.78, 5) is 20.0. The number of aromatic nitrogens is 5. The molecule has 3 aromatic heterocycles. The average molecular weight is 359 g/mol. The molecular weight excluding hydrogens is 342 g/mol. The van der Waals surface area contributed by atoms with E-state index in [-0.39, 0.29) is 5.91 Å². The van der Waals surface area contributed by atoms with E-state index in [4.69, 9.17) is 0 Å². The first-order valence-corrected chi connectivity index (χ1v) is 8.45. The highest BCUT2D eigenvalue weighted by atomic mass is 16.2. The van der Waals surface area contributed by atoms with E-state index in [9.17, 15) is 4.79 Å². The summed E-state index contributed by atoms with van der Waals surface area (Å²) in [6, 6.07) is 13.7. The first-order valence-electron chi connectivity index (χ1n) is 8.45. The largest absolute Gasteiger partial charge is 0.274 e. The van der Waals surface area contributed by atoms with Gasteiger partial charge in [-0.1, -0.05) is 17.3 Å². The minimum Gasteiger partial charge on any atom is -0.274 e. The third-order valence-electron chi connectivity index (χ3n) is 4.11. The van der Waals surface area contributed by atoms with Crippen molar-refractivity contribution >= 4 is 33.7 Å². The zero-order valence-electron chi connectivity index (χ0n) is 14.9. The van der Waals surface area contributed by atoms with Crippen molar-refractivity contribution in [3.8, 4) is 0 Å². The van der Waals surface area contributed by atoms with E-state index in [2.05, 4.69) is 36.9 Å². The Bertz CT molecular complexity index is 1180. The Hall–Kier alpha value is -3.68. The van der Waals surface area contributed by atoms with Gasteiger partial charge >= 0.3 is 0 Å². The smallest absolute Gasteiger partial charge is 0.236 e. The molecule has 0 radical (unpaired) electrons. The monoisotopic (exact) mass is 359 g/mol. The van der Waals surface area contributed by atoms with Crippen LogP contribution < -0.4 is 5.43 Å². The van der Waals surface area contributed by atoms with Crippen molar-refractivity contribution in [2.45, 2.75) is 20.4 Å². The van der Waals surface area contributed by atoms with Gasteiger partial charge in [-0.15, -0.1) is 5.10 Å². The van der Waals surface area contributed by atoms with Crippen LogP contribution in [-0.2, 0) is 11.3 Å². The Balaban J connectivity index is 1.67. The highest BCUT2D eigenvalue weighted by Crippen LogP contribution is 2.16. The van der Waals surface area contributed by atoms with Crippen molar-refractivity contribution in [3.63, 3.8) is 0 Å². The zero-order chi connectivity index (χ0) is 18.8. The summed E-state index contributed by atoms with van der Waals surface area (Å²) in [5.74, 6) is -0.229. The number of amides is 1. The quantitative estimate of drug-likeness (QED) is 0.445. The number of pyridine rings is 2. The Morgan fingerprint density at radius 2 is 2.00 bits per heavy atom. The molecule has 0 saturated carbocycles. The normalized spacial score (nSPS) is 11.9. The number of hydrogen-bond donors (Lipinski definition) is 1. The maximum atomic E-state index is 11.0. The van der Waals surface area contributed by atoms with Crippen LogP contribution in [0.3, 0.4) is 0 Å². The molecule has 1 N–H and O–H groups in total. The Morgan fingerprint density at radius 1 is 1.15 bits per heavy atom. The standard InChI is InChI=1S/C19H17N7O/c1-12(22-23-13(2)27)16-7-8-18-19(21-16)26(25-24-18)11-14-5-6-17-15(10-14)4-3-9-20-17/h3-10H,11H2,1-2H3,(H,23,27). The van der Waals surface area contributed by atoms with Crippen LogP contribution in [0.15, 0.2) is 53.8 Å². The van der Waals surface area contributed by atoms with Crippen molar-refractivity contribution in [1.29, 1.82) is 0 Å². The molecule has 0 spiro atoms. The summed E-state index contributed by atoms with van der Waals surface area (Å²) in [5, 5.41) is 13.5. The van der Waals surface area contributed by atoms with Gasteiger partial charge in [0.05, 0.1) is 23.5 Å². The minimum atomic E-state index is -0.229. The SMILES string of the molecule is CC(=O)NN=C(C)c1ccc2nnn(Cc3ccc4ncccc4c3)c2n1. The van der Waals surface area contributed by atoms with Crippen molar-refractivity contribution in [1.82, 2.24) is 30.4 Å². The zero-order valence-corrected chi connectivity index (χ0v) is 14.9. The average Bonchev–Trinajstić information content (AvgIpc) is 3.08. The van der Waals surface area contributed by atoms with Crippen LogP contribution in [0.5, 0.6) is 0 Å². The maximum Gasteiger partial charge on any atom is 0.236 e. The van der Waals surface area contributed by atoms with Crippen molar-refractivity contribution in [2.24, 2.45) is 5.10 Å². The molecule has 134 valence electrons. The van der Waals surface area contributed by atoms with Crippen LogP contribution in [0.1, 0.15) is 25.1 Å². The van der Waals surface area contributed by atoms with Crippen LogP contribution in [0.4, 0.5) is 0 Å². The van der Waals surface area contributed by atoms with Gasteiger partial charge in [-0.05, 0) is 42.8 Å². The number of fused-ring (bicyclic) bond motifs is 2. The summed E-state index contributed by atoms with van der Waals surface area (Å²) in [6.07, 6.45) is 1.78. The molecule has 4 rings (SSSR count). The van der Waals surface area contributed by atoms with Gasteiger partial charge in [0.1, 0.15) is 5.52 Å². The number of hydrazone groups is 1. The van der Waals surface area contributed by atoms with Gasteiger partial charge in [-0.2, -0.15) is 5.10 Å². The lowest BCUT2D eigenvalue weighted by Crippen LogP contribution is -2.15. The van der Waals surface area contributed by atoms with Gasteiger partial charge in [0.2, 0.25) is 5.91 Å². The third kappa shape index (κ3) is 3.50.